The van der Waals surface area contributed by atoms with Crippen LogP contribution in [0.5, 0.6) is 0 Å². The van der Waals surface area contributed by atoms with Crippen LogP contribution < -0.4 is 0 Å². The average molecular weight is 484 g/mol. The molecule has 4 aliphatic carbocycles. The van der Waals surface area contributed by atoms with Gasteiger partial charge in [0.25, 0.3) is 0 Å². The second kappa shape index (κ2) is 9.95. The van der Waals surface area contributed by atoms with E-state index in [1.165, 1.54) is 32.1 Å². The summed E-state index contributed by atoms with van der Waals surface area (Å²) in [6.45, 7) is 9.72. The van der Waals surface area contributed by atoms with Gasteiger partial charge in [0.2, 0.25) is 0 Å². The third-order valence-corrected chi connectivity index (χ3v) is 7.25. The van der Waals surface area contributed by atoms with Gasteiger partial charge in [-0.25, -0.2) is 0 Å². The van der Waals surface area contributed by atoms with E-state index in [2.05, 4.69) is 58.4 Å². The Morgan fingerprint density at radius 2 is 1.30 bits per heavy atom. The van der Waals surface area contributed by atoms with Crippen molar-refractivity contribution in [2.45, 2.75) is 59.8 Å². The van der Waals surface area contributed by atoms with Crippen LogP contribution in [-0.2, 0) is 20.8 Å². The fraction of sp³-hybridized carbons (Fsp3) is 0.625. The van der Waals surface area contributed by atoms with Gasteiger partial charge in [0.1, 0.15) is 0 Å². The van der Waals surface area contributed by atoms with Gasteiger partial charge in [-0.15, -0.1) is 12.0 Å². The fourth-order valence-electron chi connectivity index (χ4n) is 5.72. The molecule has 4 rings (SSSR count). The molecule has 0 heterocycles. The number of hydrogen-bond acceptors (Lipinski definition) is 0. The summed E-state index contributed by atoms with van der Waals surface area (Å²) in [7, 11) is 9.87. The van der Waals surface area contributed by atoms with Gasteiger partial charge in [0.05, 0.1) is 0 Å². The number of rotatable bonds is 3. The van der Waals surface area contributed by atoms with Gasteiger partial charge in [0.15, 0.2) is 0 Å². The summed E-state index contributed by atoms with van der Waals surface area (Å²) < 4.78 is 0. The predicted molar refractivity (Wildman–Crippen MR) is 115 cm³/mol. The van der Waals surface area contributed by atoms with E-state index in [0.717, 1.165) is 23.7 Å². The van der Waals surface area contributed by atoms with E-state index in [1.54, 1.807) is 22.3 Å². The van der Waals surface area contributed by atoms with Crippen molar-refractivity contribution in [1.82, 2.24) is 0 Å². The van der Waals surface area contributed by atoms with Crippen LogP contribution >= 0.6 is 17.0 Å². The molecule has 0 saturated carbocycles. The third kappa shape index (κ3) is 4.78. The van der Waals surface area contributed by atoms with Crippen LogP contribution in [-0.4, -0.2) is 0 Å². The van der Waals surface area contributed by atoms with E-state index in [-0.39, 0.29) is 0 Å². The van der Waals surface area contributed by atoms with Gasteiger partial charge in [-0.3, -0.25) is 0 Å². The van der Waals surface area contributed by atoms with Crippen molar-refractivity contribution < 1.29 is 20.8 Å². The van der Waals surface area contributed by atoms with E-state index >= 15 is 0 Å². The molecule has 0 spiro atoms. The molecule has 3 heteroatoms. The first kappa shape index (κ1) is 22.1. The van der Waals surface area contributed by atoms with E-state index in [9.17, 15) is 0 Å². The monoisotopic (exact) mass is 481 g/mol. The zero-order valence-corrected chi connectivity index (χ0v) is 21.1. The van der Waals surface area contributed by atoms with Crippen LogP contribution in [0.1, 0.15) is 59.8 Å². The summed E-state index contributed by atoms with van der Waals surface area (Å²) in [6, 6.07) is 0. The van der Waals surface area contributed by atoms with Gasteiger partial charge in [-0.2, -0.15) is 6.42 Å². The Balaban J connectivity index is 0.000000659. The number of halogens is 2. The Morgan fingerprint density at radius 3 is 1.93 bits per heavy atom. The second-order valence-corrected chi connectivity index (χ2v) is 12.7. The van der Waals surface area contributed by atoms with E-state index < -0.39 is 20.8 Å². The van der Waals surface area contributed by atoms with Crippen molar-refractivity contribution in [2.24, 2.45) is 35.5 Å². The van der Waals surface area contributed by atoms with Crippen molar-refractivity contribution >= 4 is 17.0 Å². The van der Waals surface area contributed by atoms with Crippen molar-refractivity contribution in [3.05, 3.63) is 53.0 Å². The molecule has 0 N–H and O–H groups in total. The van der Waals surface area contributed by atoms with E-state index in [1.807, 2.05) is 0 Å². The molecule has 0 aromatic heterocycles. The summed E-state index contributed by atoms with van der Waals surface area (Å²) in [5.74, 6) is 4.38. The molecule has 0 fully saturated rings. The molecule has 6 atom stereocenters. The molecule has 0 nitrogen and oxygen atoms in total. The molecular weight excluding hydrogens is 450 g/mol. The molecule has 0 aliphatic heterocycles. The first-order chi connectivity index (χ1) is 13.0. The number of hydrogen-bond donors (Lipinski definition) is 0. The van der Waals surface area contributed by atoms with Gasteiger partial charge in [-0.1, -0.05) is 57.1 Å². The summed E-state index contributed by atoms with van der Waals surface area (Å²) in [5.41, 5.74) is 6.85. The van der Waals surface area contributed by atoms with Gasteiger partial charge < -0.3 is 6.42 Å². The minimum atomic E-state index is -0.826. The van der Waals surface area contributed by atoms with Gasteiger partial charge in [-0.05, 0) is 66.4 Å². The molecule has 148 valence electrons. The Morgan fingerprint density at radius 1 is 0.815 bits per heavy atom. The molecule has 0 aromatic carbocycles. The van der Waals surface area contributed by atoms with Crippen LogP contribution in [0.2, 0.25) is 0 Å². The Hall–Kier alpha value is 0.423. The molecule has 0 aromatic rings. The van der Waals surface area contributed by atoms with E-state index in [0.29, 0.717) is 11.8 Å². The maximum absolute atomic E-state index is 4.93. The van der Waals surface area contributed by atoms with Crippen LogP contribution in [0.3, 0.4) is 0 Å². The minimum absolute atomic E-state index is 0.604. The van der Waals surface area contributed by atoms with E-state index in [4.69, 9.17) is 17.0 Å². The summed E-state index contributed by atoms with van der Waals surface area (Å²) >= 11 is -0.826. The Bertz CT molecular complexity index is 601. The molecule has 0 amide bonds. The zero-order chi connectivity index (χ0) is 19.6. The van der Waals surface area contributed by atoms with Crippen molar-refractivity contribution in [3.8, 4) is 0 Å². The fourth-order valence-corrected chi connectivity index (χ4v) is 5.72. The molecule has 4 aliphatic rings. The normalized spacial score (nSPS) is 37.1. The standard InChI is InChI=1S/C24H33.2ClH.Zr/c1-15-5-7-17(3)23-19(11-13-21(15)23)9-10-20-12-14-22-16(2)6-8-18(4)24(20)22;;;/h9,11-20H,5-8,10H2,1-4H3;2*1H;/q-1;;;+2/p-2. The molecule has 27 heavy (non-hydrogen) atoms. The third-order valence-electron chi connectivity index (χ3n) is 7.25. The van der Waals surface area contributed by atoms with Crippen LogP contribution in [0, 0.1) is 41.9 Å². The Labute approximate surface area is 185 Å². The maximum atomic E-state index is 4.93. The average Bonchev–Trinajstić information content (AvgIpc) is 3.26. The van der Waals surface area contributed by atoms with Gasteiger partial charge >= 0.3 is 37.9 Å². The topological polar surface area (TPSA) is 0 Å². The quantitative estimate of drug-likeness (QED) is 0.356. The molecular formula is C24H33Cl2Zr-. The molecule has 0 radical (unpaired) electrons. The van der Waals surface area contributed by atoms with Crippen molar-refractivity contribution in [1.29, 1.82) is 0 Å². The molecule has 0 bridgehead atoms. The number of allylic oxidation sites excluding steroid dienone is 8. The Kier molecular flexibility index (Phi) is 8.15. The summed E-state index contributed by atoms with van der Waals surface area (Å²) in [6.07, 6.45) is 19.2. The summed E-state index contributed by atoms with van der Waals surface area (Å²) in [4.78, 5) is 0. The molecule has 0 saturated heterocycles. The van der Waals surface area contributed by atoms with Crippen molar-refractivity contribution in [2.75, 3.05) is 0 Å². The second-order valence-electron chi connectivity index (χ2n) is 8.97. The zero-order valence-electron chi connectivity index (χ0n) is 17.1. The van der Waals surface area contributed by atoms with Crippen molar-refractivity contribution in [3.63, 3.8) is 0 Å². The van der Waals surface area contributed by atoms with Crippen LogP contribution in [0.15, 0.2) is 46.6 Å². The predicted octanol–water partition coefficient (Wildman–Crippen LogP) is 8.05. The summed E-state index contributed by atoms with van der Waals surface area (Å²) in [5, 5.41) is 0. The van der Waals surface area contributed by atoms with Crippen LogP contribution in [0.4, 0.5) is 0 Å². The molecule has 6 unspecified atom stereocenters. The SMILES string of the molecule is CC1CCC(C)C2=C1C=CC2[CH-]CC1C=CC2=C1C(C)CCC2C.[Cl][Zr][Cl]. The first-order valence-electron chi connectivity index (χ1n) is 10.6. The van der Waals surface area contributed by atoms with Crippen LogP contribution in [0.25, 0.3) is 0 Å². The van der Waals surface area contributed by atoms with Gasteiger partial charge in [0, 0.05) is 0 Å². The first-order valence-corrected chi connectivity index (χ1v) is 16.9.